The molecular formula is C16H10F2O3S. The van der Waals surface area contributed by atoms with Gasteiger partial charge >= 0.3 is 6.61 Å². The van der Waals surface area contributed by atoms with Crippen LogP contribution in [0.15, 0.2) is 48.5 Å². The van der Waals surface area contributed by atoms with Crippen LogP contribution in [0.2, 0.25) is 0 Å². The Bertz CT molecular complexity index is 825. The molecule has 0 radical (unpaired) electrons. The molecule has 112 valence electrons. The number of hydrogen-bond acceptors (Lipinski definition) is 4. The summed E-state index contributed by atoms with van der Waals surface area (Å²) in [6.07, 6.45) is 0. The van der Waals surface area contributed by atoms with E-state index in [1.807, 2.05) is 12.1 Å². The van der Waals surface area contributed by atoms with E-state index in [9.17, 15) is 18.7 Å². The number of rotatable bonds is 4. The largest absolute Gasteiger partial charge is 0.506 e. The van der Waals surface area contributed by atoms with Gasteiger partial charge in [0.2, 0.25) is 5.78 Å². The fourth-order valence-corrected chi connectivity index (χ4v) is 3.16. The SMILES string of the molecule is O=C(c1ccc(OC(F)F)cc1)c1sc2ccccc2c1O. The van der Waals surface area contributed by atoms with Gasteiger partial charge in [0.15, 0.2) is 0 Å². The van der Waals surface area contributed by atoms with E-state index < -0.39 is 6.61 Å². The molecule has 0 unspecified atom stereocenters. The number of ether oxygens (including phenoxy) is 1. The summed E-state index contributed by atoms with van der Waals surface area (Å²) in [4.78, 5) is 12.7. The van der Waals surface area contributed by atoms with Crippen LogP contribution in [0.5, 0.6) is 11.5 Å². The summed E-state index contributed by atoms with van der Waals surface area (Å²) in [5, 5.41) is 10.8. The Morgan fingerprint density at radius 2 is 1.77 bits per heavy atom. The molecule has 3 rings (SSSR count). The molecule has 0 saturated heterocycles. The summed E-state index contributed by atoms with van der Waals surface area (Å²) >= 11 is 1.19. The minimum absolute atomic E-state index is 0.0212. The summed E-state index contributed by atoms with van der Waals surface area (Å²) in [5.74, 6) is -0.437. The zero-order chi connectivity index (χ0) is 15.7. The maximum absolute atomic E-state index is 12.4. The standard InChI is InChI=1S/C16H10F2O3S/c17-16(18)21-10-7-5-9(6-8-10)13(19)15-14(20)11-3-1-2-4-12(11)22-15/h1-8,16,20H. The first-order chi connectivity index (χ1) is 10.6. The van der Waals surface area contributed by atoms with E-state index >= 15 is 0 Å². The molecule has 0 fully saturated rings. The van der Waals surface area contributed by atoms with E-state index in [1.54, 1.807) is 12.1 Å². The first-order valence-electron chi connectivity index (χ1n) is 6.36. The highest BCUT2D eigenvalue weighted by Gasteiger charge is 2.19. The van der Waals surface area contributed by atoms with Crippen LogP contribution in [0.1, 0.15) is 15.2 Å². The third kappa shape index (κ3) is 2.65. The Morgan fingerprint density at radius 3 is 2.41 bits per heavy atom. The molecule has 0 bridgehead atoms. The number of alkyl halides is 2. The second kappa shape index (κ2) is 5.73. The second-order valence-electron chi connectivity index (χ2n) is 4.51. The monoisotopic (exact) mass is 320 g/mol. The molecule has 0 amide bonds. The summed E-state index contributed by atoms with van der Waals surface area (Å²) in [5.41, 5.74) is 0.295. The molecular weight excluding hydrogens is 310 g/mol. The Balaban J connectivity index is 1.94. The summed E-state index contributed by atoms with van der Waals surface area (Å²) in [7, 11) is 0. The number of aromatic hydroxyl groups is 1. The lowest BCUT2D eigenvalue weighted by Gasteiger charge is -2.05. The molecule has 1 N–H and O–H groups in total. The number of carbonyl (C=O) groups is 1. The van der Waals surface area contributed by atoms with Crippen molar-refractivity contribution in [2.45, 2.75) is 6.61 Å². The first-order valence-corrected chi connectivity index (χ1v) is 7.18. The van der Waals surface area contributed by atoms with Crippen molar-refractivity contribution in [2.24, 2.45) is 0 Å². The topological polar surface area (TPSA) is 46.5 Å². The molecule has 0 aliphatic carbocycles. The predicted octanol–water partition coefficient (Wildman–Crippen LogP) is 4.44. The quantitative estimate of drug-likeness (QED) is 0.723. The smallest absolute Gasteiger partial charge is 0.387 e. The minimum Gasteiger partial charge on any atom is -0.506 e. The van der Waals surface area contributed by atoms with E-state index in [0.29, 0.717) is 10.9 Å². The zero-order valence-corrected chi connectivity index (χ0v) is 11.9. The summed E-state index contributed by atoms with van der Waals surface area (Å²) in [6.45, 7) is -2.91. The average molecular weight is 320 g/mol. The van der Waals surface area contributed by atoms with Crippen LogP contribution in [0, 0.1) is 0 Å². The van der Waals surface area contributed by atoms with Crippen molar-refractivity contribution >= 4 is 27.2 Å². The van der Waals surface area contributed by atoms with E-state index in [-0.39, 0.29) is 22.2 Å². The van der Waals surface area contributed by atoms with Crippen LogP contribution in [0.25, 0.3) is 10.1 Å². The Hall–Kier alpha value is -2.47. The second-order valence-corrected chi connectivity index (χ2v) is 5.56. The van der Waals surface area contributed by atoms with Crippen molar-refractivity contribution in [3.8, 4) is 11.5 Å². The highest BCUT2D eigenvalue weighted by atomic mass is 32.1. The van der Waals surface area contributed by atoms with Crippen molar-refractivity contribution in [1.82, 2.24) is 0 Å². The number of benzene rings is 2. The lowest BCUT2D eigenvalue weighted by Crippen LogP contribution is -2.03. The van der Waals surface area contributed by atoms with Gasteiger partial charge in [-0.2, -0.15) is 8.78 Å². The zero-order valence-electron chi connectivity index (χ0n) is 11.1. The predicted molar refractivity (Wildman–Crippen MR) is 80.0 cm³/mol. The lowest BCUT2D eigenvalue weighted by molar-refractivity contribution is -0.0498. The highest BCUT2D eigenvalue weighted by Crippen LogP contribution is 2.38. The molecule has 0 aliphatic heterocycles. The summed E-state index contributed by atoms with van der Waals surface area (Å²) in [6, 6.07) is 12.5. The van der Waals surface area contributed by atoms with Gasteiger partial charge in [0.1, 0.15) is 16.4 Å². The number of thiophene rings is 1. The fraction of sp³-hybridized carbons (Fsp3) is 0.0625. The van der Waals surface area contributed by atoms with E-state index in [4.69, 9.17) is 0 Å². The number of carbonyl (C=O) groups excluding carboxylic acids is 1. The van der Waals surface area contributed by atoms with Crippen LogP contribution in [0.3, 0.4) is 0 Å². The van der Waals surface area contributed by atoms with Gasteiger partial charge in [-0.25, -0.2) is 0 Å². The molecule has 0 aliphatic rings. The molecule has 0 spiro atoms. The third-order valence-electron chi connectivity index (χ3n) is 3.12. The molecule has 22 heavy (non-hydrogen) atoms. The maximum Gasteiger partial charge on any atom is 0.387 e. The van der Waals surface area contributed by atoms with Crippen LogP contribution in [-0.4, -0.2) is 17.5 Å². The van der Waals surface area contributed by atoms with Gasteiger partial charge in [-0.05, 0) is 36.4 Å². The van der Waals surface area contributed by atoms with Crippen molar-refractivity contribution in [1.29, 1.82) is 0 Å². The molecule has 1 heterocycles. The molecule has 6 heteroatoms. The lowest BCUT2D eigenvalue weighted by atomic mass is 10.1. The Labute approximate surface area is 128 Å². The normalized spacial score (nSPS) is 11.0. The van der Waals surface area contributed by atoms with Gasteiger partial charge in [0, 0.05) is 15.6 Å². The van der Waals surface area contributed by atoms with Crippen LogP contribution in [-0.2, 0) is 0 Å². The van der Waals surface area contributed by atoms with Crippen molar-refractivity contribution < 1.29 is 23.4 Å². The van der Waals surface area contributed by atoms with Crippen molar-refractivity contribution in [3.63, 3.8) is 0 Å². The Morgan fingerprint density at radius 1 is 1.09 bits per heavy atom. The van der Waals surface area contributed by atoms with Gasteiger partial charge in [0.05, 0.1) is 0 Å². The van der Waals surface area contributed by atoms with Crippen LogP contribution in [0.4, 0.5) is 8.78 Å². The van der Waals surface area contributed by atoms with Crippen LogP contribution < -0.4 is 4.74 Å². The van der Waals surface area contributed by atoms with Crippen LogP contribution >= 0.6 is 11.3 Å². The van der Waals surface area contributed by atoms with Gasteiger partial charge in [-0.15, -0.1) is 11.3 Å². The van der Waals surface area contributed by atoms with Gasteiger partial charge in [-0.1, -0.05) is 12.1 Å². The van der Waals surface area contributed by atoms with Gasteiger partial charge in [-0.3, -0.25) is 4.79 Å². The minimum atomic E-state index is -2.91. The van der Waals surface area contributed by atoms with Gasteiger partial charge in [0.25, 0.3) is 0 Å². The fourth-order valence-electron chi connectivity index (χ4n) is 2.10. The number of hydrogen-bond donors (Lipinski definition) is 1. The molecule has 3 aromatic rings. The molecule has 1 aromatic heterocycles. The highest BCUT2D eigenvalue weighted by molar-refractivity contribution is 7.21. The van der Waals surface area contributed by atoms with E-state index in [2.05, 4.69) is 4.74 Å². The van der Waals surface area contributed by atoms with E-state index in [0.717, 1.165) is 4.70 Å². The Kier molecular flexibility index (Phi) is 3.77. The number of halogens is 2. The third-order valence-corrected chi connectivity index (χ3v) is 4.28. The van der Waals surface area contributed by atoms with E-state index in [1.165, 1.54) is 35.6 Å². The molecule has 2 aromatic carbocycles. The number of ketones is 1. The molecule has 0 atom stereocenters. The average Bonchev–Trinajstić information content (AvgIpc) is 2.84. The van der Waals surface area contributed by atoms with Crippen molar-refractivity contribution in [2.75, 3.05) is 0 Å². The maximum atomic E-state index is 12.4. The first kappa shape index (κ1) is 14.5. The number of fused-ring (bicyclic) bond motifs is 1. The molecule has 0 saturated carbocycles. The summed E-state index contributed by atoms with van der Waals surface area (Å²) < 4.78 is 29.2. The van der Waals surface area contributed by atoms with Gasteiger partial charge < -0.3 is 9.84 Å². The molecule has 3 nitrogen and oxygen atoms in total. The van der Waals surface area contributed by atoms with Crippen molar-refractivity contribution in [3.05, 3.63) is 59.0 Å².